The molecule has 0 aliphatic heterocycles. The Bertz CT molecular complexity index is 1350. The van der Waals surface area contributed by atoms with Crippen LogP contribution < -0.4 is 20.8 Å². The Balaban J connectivity index is 1.75. The van der Waals surface area contributed by atoms with Crippen LogP contribution in [0.3, 0.4) is 0 Å². The molecule has 0 N–H and O–H groups in total. The molecule has 0 atom stereocenters. The minimum absolute atomic E-state index is 0.00468. The SMILES string of the molecule is O=C(C=P(c1ccccc1)(c1ccccc1)c1ccccc1)N(Cc1ccccc1)c1ccccc1. The Kier molecular flexibility index (Phi) is 7.26. The molecule has 0 saturated carbocycles. The van der Waals surface area contributed by atoms with E-state index in [1.165, 1.54) is 0 Å². The van der Waals surface area contributed by atoms with E-state index in [1.807, 2.05) is 77.4 Å². The summed E-state index contributed by atoms with van der Waals surface area (Å²) < 4.78 is 0. The van der Waals surface area contributed by atoms with Crippen molar-refractivity contribution in [3.8, 4) is 0 Å². The summed E-state index contributed by atoms with van der Waals surface area (Å²) >= 11 is 0. The molecular weight excluding hydrogens is 457 g/mol. The predicted octanol–water partition coefficient (Wildman–Crippen LogP) is 6.02. The zero-order valence-corrected chi connectivity index (χ0v) is 20.9. The monoisotopic (exact) mass is 485 g/mol. The van der Waals surface area contributed by atoms with E-state index in [-0.39, 0.29) is 5.91 Å². The first-order valence-electron chi connectivity index (χ1n) is 12.1. The van der Waals surface area contributed by atoms with E-state index >= 15 is 0 Å². The lowest BCUT2D eigenvalue weighted by atomic mass is 10.2. The minimum atomic E-state index is -2.40. The zero-order valence-electron chi connectivity index (χ0n) is 20.0. The molecule has 0 heterocycles. The lowest BCUT2D eigenvalue weighted by Gasteiger charge is -2.30. The van der Waals surface area contributed by atoms with Crippen molar-refractivity contribution in [1.82, 2.24) is 0 Å². The maximum Gasteiger partial charge on any atom is 0.252 e. The molecule has 0 radical (unpaired) electrons. The second-order valence-corrected chi connectivity index (χ2v) is 11.9. The van der Waals surface area contributed by atoms with E-state index in [4.69, 9.17) is 0 Å². The van der Waals surface area contributed by atoms with Crippen molar-refractivity contribution < 1.29 is 4.79 Å². The number of hydrogen-bond acceptors (Lipinski definition) is 1. The zero-order chi connectivity index (χ0) is 24.6. The van der Waals surface area contributed by atoms with Crippen LogP contribution in [0.4, 0.5) is 5.69 Å². The number of carbonyl (C=O) groups is 1. The summed E-state index contributed by atoms with van der Waals surface area (Å²) in [5.74, 6) is 2.00. The van der Waals surface area contributed by atoms with E-state index in [0.717, 1.165) is 27.2 Å². The van der Waals surface area contributed by atoms with Crippen LogP contribution in [-0.2, 0) is 11.3 Å². The fourth-order valence-corrected chi connectivity index (χ4v) is 8.31. The van der Waals surface area contributed by atoms with Crippen LogP contribution in [-0.4, -0.2) is 11.7 Å². The van der Waals surface area contributed by atoms with Gasteiger partial charge in [0.25, 0.3) is 5.91 Å². The fourth-order valence-electron chi connectivity index (χ4n) is 4.57. The number of rotatable bonds is 7. The molecule has 0 spiro atoms. The van der Waals surface area contributed by atoms with Gasteiger partial charge in [0.2, 0.25) is 0 Å². The quantitative estimate of drug-likeness (QED) is 0.258. The second kappa shape index (κ2) is 11.1. The van der Waals surface area contributed by atoms with Gasteiger partial charge in [-0.15, -0.1) is 0 Å². The Morgan fingerprint density at radius 1 is 0.528 bits per heavy atom. The summed E-state index contributed by atoms with van der Waals surface area (Å²) in [4.78, 5) is 16.3. The number of para-hydroxylation sites is 1. The highest BCUT2D eigenvalue weighted by molar-refractivity contribution is 7.95. The van der Waals surface area contributed by atoms with Crippen molar-refractivity contribution in [2.45, 2.75) is 6.54 Å². The summed E-state index contributed by atoms with van der Waals surface area (Å²) in [5, 5.41) is 3.47. The van der Waals surface area contributed by atoms with Crippen molar-refractivity contribution >= 4 is 40.2 Å². The molecule has 1 amide bonds. The summed E-state index contributed by atoms with van der Waals surface area (Å²) in [6.45, 7) is -1.91. The first kappa shape index (κ1) is 23.6. The van der Waals surface area contributed by atoms with Gasteiger partial charge in [0.1, 0.15) is 0 Å². The van der Waals surface area contributed by atoms with Gasteiger partial charge in [-0.1, -0.05) is 140 Å². The number of hydrogen-bond donors (Lipinski definition) is 0. The van der Waals surface area contributed by atoms with Crippen LogP contribution in [0.1, 0.15) is 5.56 Å². The highest BCUT2D eigenvalue weighted by atomic mass is 31.2. The smallest absolute Gasteiger partial charge is 0.252 e. The lowest BCUT2D eigenvalue weighted by molar-refractivity contribution is -0.112. The molecule has 0 bridgehead atoms. The van der Waals surface area contributed by atoms with Crippen LogP contribution in [0.15, 0.2) is 152 Å². The van der Waals surface area contributed by atoms with Gasteiger partial charge in [-0.2, -0.15) is 0 Å². The van der Waals surface area contributed by atoms with Gasteiger partial charge < -0.3 is 4.90 Å². The normalized spacial score (nSPS) is 11.0. The highest BCUT2D eigenvalue weighted by Crippen LogP contribution is 2.43. The molecular formula is C33H28NOP. The molecule has 5 aromatic rings. The van der Waals surface area contributed by atoms with Crippen molar-refractivity contribution in [3.05, 3.63) is 157 Å². The van der Waals surface area contributed by atoms with Crippen LogP contribution in [0.5, 0.6) is 0 Å². The number of benzene rings is 5. The third-order valence-electron chi connectivity index (χ3n) is 6.31. The molecule has 0 fully saturated rings. The summed E-state index contributed by atoms with van der Waals surface area (Å²) in [6.07, 6.45) is 0. The largest absolute Gasteiger partial charge is 0.304 e. The average molecular weight is 486 g/mol. The highest BCUT2D eigenvalue weighted by Gasteiger charge is 2.28. The Labute approximate surface area is 213 Å². The molecule has 0 aliphatic carbocycles. The molecule has 3 heteroatoms. The number of amides is 1. The maximum atomic E-state index is 14.4. The maximum absolute atomic E-state index is 14.4. The van der Waals surface area contributed by atoms with Crippen molar-refractivity contribution in [2.24, 2.45) is 0 Å². The molecule has 5 aromatic carbocycles. The van der Waals surface area contributed by atoms with Crippen LogP contribution in [0.2, 0.25) is 0 Å². The van der Waals surface area contributed by atoms with Crippen molar-refractivity contribution in [1.29, 1.82) is 0 Å². The lowest BCUT2D eigenvalue weighted by Crippen LogP contribution is -2.35. The van der Waals surface area contributed by atoms with Crippen LogP contribution in [0, 0.1) is 0 Å². The molecule has 0 aliphatic rings. The third-order valence-corrected chi connectivity index (χ3v) is 10.3. The standard InChI is InChI=1S/C33H28NOP/c35-33(34(29-18-8-2-9-19-29)26-28-16-6-1-7-17-28)27-36(30-20-10-3-11-21-30,31-22-12-4-13-23-31)32-24-14-5-15-25-32/h1-25,27H,26H2. The Morgan fingerprint density at radius 2 is 0.889 bits per heavy atom. The van der Waals surface area contributed by atoms with E-state index in [9.17, 15) is 4.79 Å². The van der Waals surface area contributed by atoms with Gasteiger partial charge >= 0.3 is 0 Å². The van der Waals surface area contributed by atoms with Gasteiger partial charge in [0.15, 0.2) is 0 Å². The molecule has 0 aromatic heterocycles. The summed E-state index contributed by atoms with van der Waals surface area (Å²) in [6, 6.07) is 51.5. The second-order valence-electron chi connectivity index (χ2n) is 8.60. The van der Waals surface area contributed by atoms with Gasteiger partial charge in [-0.05, 0) is 40.5 Å². The third kappa shape index (κ3) is 4.96. The first-order chi connectivity index (χ1) is 17.8. The van der Waals surface area contributed by atoms with E-state index in [2.05, 4.69) is 84.9 Å². The molecule has 0 saturated heterocycles. The fraction of sp³-hybridized carbons (Fsp3) is 0.0303. The number of carbonyl (C=O) groups excluding carboxylic acids is 1. The molecule has 2 nitrogen and oxygen atoms in total. The van der Waals surface area contributed by atoms with E-state index in [0.29, 0.717) is 6.54 Å². The summed E-state index contributed by atoms with van der Waals surface area (Å²) in [7, 11) is 0. The van der Waals surface area contributed by atoms with E-state index in [1.54, 1.807) is 0 Å². The van der Waals surface area contributed by atoms with Crippen molar-refractivity contribution in [2.75, 3.05) is 4.90 Å². The molecule has 36 heavy (non-hydrogen) atoms. The van der Waals surface area contributed by atoms with Crippen LogP contribution >= 0.6 is 6.89 Å². The molecule has 176 valence electrons. The molecule has 0 unspecified atom stereocenters. The number of nitrogens with zero attached hydrogens (tertiary/aromatic N) is 1. The first-order valence-corrected chi connectivity index (χ1v) is 14.0. The predicted molar refractivity (Wildman–Crippen MR) is 155 cm³/mol. The van der Waals surface area contributed by atoms with E-state index < -0.39 is 6.89 Å². The Hall–Kier alpha value is -4.13. The van der Waals surface area contributed by atoms with Gasteiger partial charge in [-0.3, -0.25) is 4.79 Å². The van der Waals surface area contributed by atoms with Gasteiger partial charge in [0, 0.05) is 11.5 Å². The number of anilines is 1. The van der Waals surface area contributed by atoms with Crippen molar-refractivity contribution in [3.63, 3.8) is 0 Å². The Morgan fingerprint density at radius 3 is 1.31 bits per heavy atom. The minimum Gasteiger partial charge on any atom is -0.304 e. The van der Waals surface area contributed by atoms with Gasteiger partial charge in [0.05, 0.1) is 6.54 Å². The van der Waals surface area contributed by atoms with Crippen LogP contribution in [0.25, 0.3) is 0 Å². The molecule has 5 rings (SSSR count). The van der Waals surface area contributed by atoms with Gasteiger partial charge in [-0.25, -0.2) is 0 Å². The summed E-state index contributed by atoms with van der Waals surface area (Å²) in [5.41, 5.74) is 1.97. The average Bonchev–Trinajstić information content (AvgIpc) is 2.97. The topological polar surface area (TPSA) is 20.3 Å².